The summed E-state index contributed by atoms with van der Waals surface area (Å²) in [5.74, 6) is 0.175. The van der Waals surface area contributed by atoms with E-state index >= 15 is 0 Å². The molecule has 1 amide bonds. The maximum Gasteiger partial charge on any atom is 0.226 e. The summed E-state index contributed by atoms with van der Waals surface area (Å²) in [5.41, 5.74) is 0.954. The van der Waals surface area contributed by atoms with E-state index in [1.807, 2.05) is 55.6 Å². The summed E-state index contributed by atoms with van der Waals surface area (Å²) in [4.78, 5) is 13.8. The van der Waals surface area contributed by atoms with Gasteiger partial charge in [0.15, 0.2) is 12.4 Å². The van der Waals surface area contributed by atoms with E-state index in [0.29, 0.717) is 6.42 Å². The minimum atomic E-state index is 0.175. The van der Waals surface area contributed by atoms with Crippen LogP contribution in [0.4, 0.5) is 5.69 Å². The number of amides is 1. The molecule has 2 aromatic rings. The van der Waals surface area contributed by atoms with Gasteiger partial charge in [-0.3, -0.25) is 4.79 Å². The van der Waals surface area contributed by atoms with Crippen LogP contribution < -0.4 is 9.47 Å². The minimum absolute atomic E-state index is 0.175. The Hall–Kier alpha value is -2.16. The Balaban J connectivity index is 1.73. The summed E-state index contributed by atoms with van der Waals surface area (Å²) in [5, 5.41) is 0. The third-order valence-electron chi connectivity index (χ3n) is 3.35. The van der Waals surface area contributed by atoms with Crippen molar-refractivity contribution in [3.8, 4) is 0 Å². The molecule has 104 valence electrons. The van der Waals surface area contributed by atoms with Gasteiger partial charge in [0, 0.05) is 37.7 Å². The van der Waals surface area contributed by atoms with E-state index in [1.54, 1.807) is 4.90 Å². The Morgan fingerprint density at radius 3 is 2.35 bits per heavy atom. The van der Waals surface area contributed by atoms with E-state index in [-0.39, 0.29) is 5.91 Å². The fraction of sp³-hybridized carbons (Fsp3) is 0.294. The van der Waals surface area contributed by atoms with Crippen LogP contribution in [0.15, 0.2) is 60.9 Å². The summed E-state index contributed by atoms with van der Waals surface area (Å²) >= 11 is 0. The zero-order chi connectivity index (χ0) is 14.2. The van der Waals surface area contributed by atoms with Crippen LogP contribution in [0.3, 0.4) is 0 Å². The zero-order valence-corrected chi connectivity index (χ0v) is 11.9. The molecule has 3 heteroatoms. The van der Waals surface area contributed by atoms with Crippen molar-refractivity contribution < 1.29 is 9.36 Å². The summed E-state index contributed by atoms with van der Waals surface area (Å²) in [6.07, 6.45) is 6.63. The highest BCUT2D eigenvalue weighted by molar-refractivity contribution is 5.92. The average Bonchev–Trinajstić information content (AvgIpc) is 2.52. The third-order valence-corrected chi connectivity index (χ3v) is 3.35. The number of carbonyl (C=O) groups is 1. The number of rotatable bonds is 6. The van der Waals surface area contributed by atoms with Gasteiger partial charge in [-0.05, 0) is 18.6 Å². The number of anilines is 1. The number of hydrogen-bond acceptors (Lipinski definition) is 1. The van der Waals surface area contributed by atoms with Crippen molar-refractivity contribution in [1.82, 2.24) is 0 Å². The van der Waals surface area contributed by atoms with Gasteiger partial charge in [0.1, 0.15) is 6.54 Å². The number of hydrogen-bond donors (Lipinski definition) is 0. The normalized spacial score (nSPS) is 10.2. The van der Waals surface area contributed by atoms with Crippen molar-refractivity contribution in [2.45, 2.75) is 25.8 Å². The number of para-hydroxylation sites is 1. The van der Waals surface area contributed by atoms with Crippen LogP contribution in [-0.2, 0) is 11.3 Å². The van der Waals surface area contributed by atoms with Crippen LogP contribution in [0.2, 0.25) is 0 Å². The highest BCUT2D eigenvalue weighted by atomic mass is 16.2. The molecule has 2 rings (SSSR count). The molecule has 0 aliphatic heterocycles. The molecular weight excluding hydrogens is 248 g/mol. The molecule has 0 unspecified atom stereocenters. The predicted molar refractivity (Wildman–Crippen MR) is 80.3 cm³/mol. The fourth-order valence-corrected chi connectivity index (χ4v) is 2.12. The Bertz CT molecular complexity index is 525. The van der Waals surface area contributed by atoms with Crippen LogP contribution in [-0.4, -0.2) is 13.0 Å². The fourth-order valence-electron chi connectivity index (χ4n) is 2.12. The Kier molecular flexibility index (Phi) is 5.30. The SMILES string of the molecule is CN(C(=O)CCCC[n+]1ccccc1)c1ccccc1. The van der Waals surface area contributed by atoms with Gasteiger partial charge in [0.2, 0.25) is 5.91 Å². The smallest absolute Gasteiger partial charge is 0.226 e. The van der Waals surface area contributed by atoms with E-state index in [1.165, 1.54) is 0 Å². The van der Waals surface area contributed by atoms with E-state index in [2.05, 4.69) is 17.0 Å². The molecule has 0 N–H and O–H groups in total. The molecule has 0 atom stereocenters. The lowest BCUT2D eigenvalue weighted by Crippen LogP contribution is -2.32. The van der Waals surface area contributed by atoms with Gasteiger partial charge in [-0.25, -0.2) is 4.57 Å². The largest absolute Gasteiger partial charge is 0.316 e. The average molecular weight is 269 g/mol. The molecule has 0 bridgehead atoms. The molecule has 0 fully saturated rings. The van der Waals surface area contributed by atoms with Gasteiger partial charge < -0.3 is 4.90 Å². The third kappa shape index (κ3) is 4.19. The second-order valence-electron chi connectivity index (χ2n) is 4.86. The summed E-state index contributed by atoms with van der Waals surface area (Å²) < 4.78 is 2.14. The number of carbonyl (C=O) groups excluding carboxylic acids is 1. The molecule has 0 aliphatic rings. The molecule has 0 saturated carbocycles. The van der Waals surface area contributed by atoms with Crippen molar-refractivity contribution in [3.05, 3.63) is 60.9 Å². The summed E-state index contributed by atoms with van der Waals surface area (Å²) in [6, 6.07) is 15.8. The van der Waals surface area contributed by atoms with Gasteiger partial charge in [-0.2, -0.15) is 0 Å². The second kappa shape index (κ2) is 7.43. The van der Waals surface area contributed by atoms with E-state index in [0.717, 1.165) is 25.1 Å². The van der Waals surface area contributed by atoms with Gasteiger partial charge in [-0.1, -0.05) is 24.3 Å². The van der Waals surface area contributed by atoms with E-state index in [4.69, 9.17) is 0 Å². The van der Waals surface area contributed by atoms with Crippen molar-refractivity contribution >= 4 is 11.6 Å². The standard InChI is InChI=1S/C17H21N2O/c1-18(16-10-4-2-5-11-16)17(20)12-6-9-15-19-13-7-3-8-14-19/h2-5,7-8,10-11,13-14H,6,9,12,15H2,1H3/q+1. The maximum absolute atomic E-state index is 12.1. The van der Waals surface area contributed by atoms with Gasteiger partial charge in [0.25, 0.3) is 0 Å². The number of unbranched alkanes of at least 4 members (excludes halogenated alkanes) is 1. The van der Waals surface area contributed by atoms with Crippen molar-refractivity contribution in [3.63, 3.8) is 0 Å². The second-order valence-corrected chi connectivity index (χ2v) is 4.86. The quantitative estimate of drug-likeness (QED) is 0.584. The Labute approximate surface area is 120 Å². The van der Waals surface area contributed by atoms with Crippen molar-refractivity contribution in [2.24, 2.45) is 0 Å². The summed E-state index contributed by atoms with van der Waals surface area (Å²) in [7, 11) is 1.84. The predicted octanol–water partition coefficient (Wildman–Crippen LogP) is 2.81. The van der Waals surface area contributed by atoms with Crippen LogP contribution in [0.1, 0.15) is 19.3 Å². The van der Waals surface area contributed by atoms with Crippen molar-refractivity contribution in [2.75, 3.05) is 11.9 Å². The molecular formula is C17H21N2O+. The molecule has 1 heterocycles. The monoisotopic (exact) mass is 269 g/mol. The van der Waals surface area contributed by atoms with Crippen LogP contribution in [0.25, 0.3) is 0 Å². The first-order valence-corrected chi connectivity index (χ1v) is 7.03. The number of nitrogens with zero attached hydrogens (tertiary/aromatic N) is 2. The number of aryl methyl sites for hydroxylation is 1. The molecule has 0 saturated heterocycles. The van der Waals surface area contributed by atoms with E-state index < -0.39 is 0 Å². The number of aromatic nitrogens is 1. The topological polar surface area (TPSA) is 24.2 Å². The van der Waals surface area contributed by atoms with Gasteiger partial charge >= 0.3 is 0 Å². The molecule has 20 heavy (non-hydrogen) atoms. The van der Waals surface area contributed by atoms with Crippen molar-refractivity contribution in [1.29, 1.82) is 0 Å². The van der Waals surface area contributed by atoms with E-state index in [9.17, 15) is 4.79 Å². The lowest BCUT2D eigenvalue weighted by molar-refractivity contribution is -0.697. The number of pyridine rings is 1. The zero-order valence-electron chi connectivity index (χ0n) is 11.9. The lowest BCUT2D eigenvalue weighted by atomic mass is 10.2. The van der Waals surface area contributed by atoms with Crippen LogP contribution in [0.5, 0.6) is 0 Å². The molecule has 0 radical (unpaired) electrons. The number of benzene rings is 1. The van der Waals surface area contributed by atoms with Gasteiger partial charge in [-0.15, -0.1) is 0 Å². The minimum Gasteiger partial charge on any atom is -0.316 e. The first-order valence-electron chi connectivity index (χ1n) is 7.03. The molecule has 3 nitrogen and oxygen atoms in total. The van der Waals surface area contributed by atoms with Crippen LogP contribution in [0, 0.1) is 0 Å². The summed E-state index contributed by atoms with van der Waals surface area (Å²) in [6.45, 7) is 0.961. The first-order chi connectivity index (χ1) is 9.77. The molecule has 1 aromatic heterocycles. The molecule has 0 aliphatic carbocycles. The highest BCUT2D eigenvalue weighted by Crippen LogP contribution is 2.13. The maximum atomic E-state index is 12.1. The van der Waals surface area contributed by atoms with Gasteiger partial charge in [0.05, 0.1) is 0 Å². The highest BCUT2D eigenvalue weighted by Gasteiger charge is 2.10. The molecule has 0 spiro atoms. The Morgan fingerprint density at radius 1 is 1.00 bits per heavy atom. The molecule has 1 aromatic carbocycles. The van der Waals surface area contributed by atoms with Crippen LogP contribution >= 0.6 is 0 Å². The first kappa shape index (κ1) is 14.3. The Morgan fingerprint density at radius 2 is 1.65 bits per heavy atom. The lowest BCUT2D eigenvalue weighted by Gasteiger charge is -2.16.